The van der Waals surface area contributed by atoms with Crippen LogP contribution in [0.5, 0.6) is 0 Å². The number of ether oxygens (including phenoxy) is 1. The van der Waals surface area contributed by atoms with Crippen LogP contribution in [0, 0.1) is 11.6 Å². The van der Waals surface area contributed by atoms with Gasteiger partial charge in [0.2, 0.25) is 5.91 Å². The molecule has 1 saturated heterocycles. The van der Waals surface area contributed by atoms with E-state index in [0.717, 1.165) is 17.0 Å². The lowest BCUT2D eigenvalue weighted by Gasteiger charge is -2.15. The predicted molar refractivity (Wildman–Crippen MR) is 94.7 cm³/mol. The molecular formula is C17H15ClF2N4O3. The van der Waals surface area contributed by atoms with Gasteiger partial charge in [-0.2, -0.15) is 0 Å². The number of rotatable bonds is 5. The molecule has 0 saturated carbocycles. The Morgan fingerprint density at radius 3 is 2.78 bits per heavy atom. The van der Waals surface area contributed by atoms with Gasteiger partial charge in [-0.05, 0) is 6.08 Å². The topological polar surface area (TPSA) is 76.5 Å². The molecule has 7 nitrogen and oxygen atoms in total. The number of benzene rings is 1. The molecule has 27 heavy (non-hydrogen) atoms. The summed E-state index contributed by atoms with van der Waals surface area (Å²) in [7, 11) is 0. The number of amides is 2. The molecule has 3 rings (SSSR count). The lowest BCUT2D eigenvalue weighted by molar-refractivity contribution is -0.119. The third kappa shape index (κ3) is 4.08. The van der Waals surface area contributed by atoms with Crippen molar-refractivity contribution in [1.29, 1.82) is 0 Å². The molecule has 10 heteroatoms. The van der Waals surface area contributed by atoms with Gasteiger partial charge >= 0.3 is 6.09 Å². The lowest BCUT2D eigenvalue weighted by atomic mass is 10.2. The Balaban J connectivity index is 1.84. The summed E-state index contributed by atoms with van der Waals surface area (Å²) >= 11 is 5.46. The van der Waals surface area contributed by atoms with Crippen LogP contribution in [-0.4, -0.2) is 40.7 Å². The molecule has 2 heterocycles. The zero-order valence-electron chi connectivity index (χ0n) is 14.2. The maximum Gasteiger partial charge on any atom is 0.414 e. The molecule has 1 aromatic carbocycles. The van der Waals surface area contributed by atoms with E-state index in [2.05, 4.69) is 10.3 Å². The Morgan fingerprint density at radius 1 is 1.44 bits per heavy atom. The smallest absolute Gasteiger partial charge is 0.414 e. The van der Waals surface area contributed by atoms with E-state index < -0.39 is 23.8 Å². The van der Waals surface area contributed by atoms with Crippen molar-refractivity contribution in [2.24, 2.45) is 0 Å². The standard InChI is InChI=1S/C17H15ClF2N4O3/c1-10(25)21-6-13-8-24(17(26)27-13)12-4-14(19)16(15(20)5-12)23-7-11(2-3-18)22-9-23/h2-5,7,9,13H,6,8H2,1H3,(H,21,25)/b3-2+/t13-/m0/s1. The van der Waals surface area contributed by atoms with E-state index in [9.17, 15) is 18.4 Å². The van der Waals surface area contributed by atoms with Crippen LogP contribution in [0.25, 0.3) is 11.8 Å². The van der Waals surface area contributed by atoms with Crippen LogP contribution in [0.4, 0.5) is 19.3 Å². The van der Waals surface area contributed by atoms with Gasteiger partial charge in [-0.3, -0.25) is 9.69 Å². The second-order valence-corrected chi connectivity index (χ2v) is 6.06. The SMILES string of the molecule is CC(=O)NC[C@H]1CN(c2cc(F)c(-n3cnc(/C=C/Cl)c3)c(F)c2)C(=O)O1. The van der Waals surface area contributed by atoms with Crippen molar-refractivity contribution in [2.75, 3.05) is 18.0 Å². The molecular weight excluding hydrogens is 382 g/mol. The highest BCUT2D eigenvalue weighted by Crippen LogP contribution is 2.28. The molecule has 1 fully saturated rings. The first-order chi connectivity index (χ1) is 12.9. The molecule has 1 aromatic heterocycles. The van der Waals surface area contributed by atoms with E-state index in [1.54, 1.807) is 0 Å². The summed E-state index contributed by atoms with van der Waals surface area (Å²) in [5, 5.41) is 2.53. The maximum absolute atomic E-state index is 14.6. The van der Waals surface area contributed by atoms with E-state index in [1.165, 1.54) is 35.6 Å². The molecule has 0 bridgehead atoms. The molecule has 2 amide bonds. The number of carbonyl (C=O) groups excluding carboxylic acids is 2. The fraction of sp³-hybridized carbons (Fsp3) is 0.235. The molecule has 2 aromatic rings. The first kappa shape index (κ1) is 18.8. The van der Waals surface area contributed by atoms with Crippen LogP contribution >= 0.6 is 11.6 Å². The number of nitrogens with one attached hydrogen (secondary N) is 1. The van der Waals surface area contributed by atoms with Crippen LogP contribution in [-0.2, 0) is 9.53 Å². The number of hydrogen-bond donors (Lipinski definition) is 1. The Morgan fingerprint density at radius 2 is 2.15 bits per heavy atom. The van der Waals surface area contributed by atoms with Gasteiger partial charge in [0.25, 0.3) is 0 Å². The summed E-state index contributed by atoms with van der Waals surface area (Å²) in [5.41, 5.74) is 1.35. The summed E-state index contributed by atoms with van der Waals surface area (Å²) in [6.45, 7) is 1.52. The van der Waals surface area contributed by atoms with E-state index in [1.807, 2.05) is 0 Å². The summed E-state index contributed by atoms with van der Waals surface area (Å²) in [6, 6.07) is 2.08. The zero-order valence-corrected chi connectivity index (χ0v) is 14.9. The van der Waals surface area contributed by atoms with Crippen molar-refractivity contribution in [3.63, 3.8) is 0 Å². The van der Waals surface area contributed by atoms with E-state index in [4.69, 9.17) is 16.3 Å². The molecule has 142 valence electrons. The molecule has 1 atom stereocenters. The Hall–Kier alpha value is -2.94. The van der Waals surface area contributed by atoms with E-state index >= 15 is 0 Å². The van der Waals surface area contributed by atoms with Crippen LogP contribution in [0.2, 0.25) is 0 Å². The minimum Gasteiger partial charge on any atom is -0.442 e. The molecule has 1 aliphatic rings. The Bertz CT molecular complexity index is 892. The van der Waals surface area contributed by atoms with Gasteiger partial charge in [0.05, 0.1) is 24.5 Å². The molecule has 0 radical (unpaired) electrons. The number of cyclic esters (lactones) is 1. The van der Waals surface area contributed by atoms with Crippen molar-refractivity contribution < 1.29 is 23.1 Å². The van der Waals surface area contributed by atoms with Crippen molar-refractivity contribution in [2.45, 2.75) is 13.0 Å². The quantitative estimate of drug-likeness (QED) is 0.843. The van der Waals surface area contributed by atoms with Gasteiger partial charge in [0.1, 0.15) is 18.1 Å². The number of imidazole rings is 1. The number of halogens is 3. The van der Waals surface area contributed by atoms with Crippen LogP contribution < -0.4 is 10.2 Å². The maximum atomic E-state index is 14.6. The monoisotopic (exact) mass is 396 g/mol. The van der Waals surface area contributed by atoms with Crippen LogP contribution in [0.1, 0.15) is 12.6 Å². The van der Waals surface area contributed by atoms with Crippen molar-refractivity contribution in [3.8, 4) is 5.69 Å². The Kier molecular flexibility index (Phi) is 5.41. The highest BCUT2D eigenvalue weighted by atomic mass is 35.5. The molecule has 0 aliphatic carbocycles. The van der Waals surface area contributed by atoms with Crippen molar-refractivity contribution in [3.05, 3.63) is 47.5 Å². The fourth-order valence-electron chi connectivity index (χ4n) is 2.66. The largest absolute Gasteiger partial charge is 0.442 e. The average molecular weight is 397 g/mol. The predicted octanol–water partition coefficient (Wildman–Crippen LogP) is 2.82. The highest BCUT2D eigenvalue weighted by Gasteiger charge is 2.33. The number of nitrogens with zero attached hydrogens (tertiary/aromatic N) is 3. The van der Waals surface area contributed by atoms with Crippen LogP contribution in [0.3, 0.4) is 0 Å². The highest BCUT2D eigenvalue weighted by molar-refractivity contribution is 6.27. The fourth-order valence-corrected chi connectivity index (χ4v) is 2.79. The van der Waals surface area contributed by atoms with Gasteiger partial charge in [0, 0.05) is 30.8 Å². The van der Waals surface area contributed by atoms with Crippen molar-refractivity contribution in [1.82, 2.24) is 14.9 Å². The lowest BCUT2D eigenvalue weighted by Crippen LogP contribution is -2.33. The second-order valence-electron chi connectivity index (χ2n) is 5.81. The first-order valence-electron chi connectivity index (χ1n) is 7.91. The summed E-state index contributed by atoms with van der Waals surface area (Å²) < 4.78 is 35.4. The summed E-state index contributed by atoms with van der Waals surface area (Å²) in [5.74, 6) is -2.02. The first-order valence-corrected chi connectivity index (χ1v) is 8.35. The van der Waals surface area contributed by atoms with Gasteiger partial charge in [-0.15, -0.1) is 0 Å². The van der Waals surface area contributed by atoms with Crippen LogP contribution in [0.15, 0.2) is 30.2 Å². The Labute approximate surface area is 158 Å². The summed E-state index contributed by atoms with van der Waals surface area (Å²) in [6.07, 6.45) is 2.78. The summed E-state index contributed by atoms with van der Waals surface area (Å²) in [4.78, 5) is 28.0. The van der Waals surface area contributed by atoms with E-state index in [0.29, 0.717) is 5.69 Å². The molecule has 1 N–H and O–H groups in total. The number of aromatic nitrogens is 2. The van der Waals surface area contributed by atoms with Crippen molar-refractivity contribution >= 4 is 35.4 Å². The third-order valence-corrected chi connectivity index (χ3v) is 3.99. The normalized spacial score (nSPS) is 16.8. The minimum absolute atomic E-state index is 0.0186. The molecule has 1 aliphatic heterocycles. The zero-order chi connectivity index (χ0) is 19.6. The minimum atomic E-state index is -0.873. The number of anilines is 1. The second kappa shape index (κ2) is 7.75. The molecule has 0 unspecified atom stereocenters. The number of hydrogen-bond acceptors (Lipinski definition) is 4. The average Bonchev–Trinajstić information content (AvgIpc) is 3.19. The van der Waals surface area contributed by atoms with Gasteiger partial charge in [0.15, 0.2) is 11.6 Å². The third-order valence-electron chi connectivity index (χ3n) is 3.86. The molecule has 0 spiro atoms. The van der Waals surface area contributed by atoms with Gasteiger partial charge in [-0.25, -0.2) is 18.6 Å². The van der Waals surface area contributed by atoms with Gasteiger partial charge in [-0.1, -0.05) is 11.6 Å². The number of carbonyl (C=O) groups is 2. The van der Waals surface area contributed by atoms with Gasteiger partial charge < -0.3 is 14.6 Å². The van der Waals surface area contributed by atoms with E-state index in [-0.39, 0.29) is 30.4 Å².